The summed E-state index contributed by atoms with van der Waals surface area (Å²) in [5.74, 6) is -0.231. The molecule has 0 fully saturated rings. The zero-order valence-electron chi connectivity index (χ0n) is 10.1. The first-order chi connectivity index (χ1) is 8.81. The average molecular weight is 278 g/mol. The smallest absolute Gasteiger partial charge is 0.389 e. The molecule has 1 aromatic heterocycles. The number of amidine groups is 1. The SMILES string of the molecule is Cc1cc(/C(N)=N/O)nc(OCCCC(F)(F)F)n1. The molecule has 0 atom stereocenters. The summed E-state index contributed by atoms with van der Waals surface area (Å²) < 4.78 is 40.7. The van der Waals surface area contributed by atoms with Crippen LogP contribution in [0.1, 0.15) is 24.2 Å². The van der Waals surface area contributed by atoms with Gasteiger partial charge < -0.3 is 15.7 Å². The van der Waals surface area contributed by atoms with Gasteiger partial charge in [-0.3, -0.25) is 0 Å². The Morgan fingerprint density at radius 1 is 1.47 bits per heavy atom. The van der Waals surface area contributed by atoms with Crippen LogP contribution in [-0.4, -0.2) is 33.8 Å². The minimum absolute atomic E-state index is 0.108. The second-order valence-corrected chi connectivity index (χ2v) is 3.73. The highest BCUT2D eigenvalue weighted by Crippen LogP contribution is 2.21. The number of aromatic nitrogens is 2. The van der Waals surface area contributed by atoms with Crippen LogP contribution in [0.5, 0.6) is 6.01 Å². The summed E-state index contributed by atoms with van der Waals surface area (Å²) in [6.45, 7) is 1.46. The van der Waals surface area contributed by atoms with Gasteiger partial charge in [0.15, 0.2) is 5.84 Å². The van der Waals surface area contributed by atoms with Gasteiger partial charge in [0, 0.05) is 12.1 Å². The third-order valence-electron chi connectivity index (χ3n) is 2.04. The Kier molecular flexibility index (Phi) is 4.90. The fourth-order valence-electron chi connectivity index (χ4n) is 1.22. The third-order valence-corrected chi connectivity index (χ3v) is 2.04. The van der Waals surface area contributed by atoms with Crippen LogP contribution in [0.2, 0.25) is 0 Å². The van der Waals surface area contributed by atoms with E-state index in [9.17, 15) is 13.2 Å². The predicted octanol–water partition coefficient (Wildman–Crippen LogP) is 1.60. The van der Waals surface area contributed by atoms with Crippen molar-refractivity contribution in [2.45, 2.75) is 25.9 Å². The molecule has 0 aromatic carbocycles. The van der Waals surface area contributed by atoms with Crippen LogP contribution in [-0.2, 0) is 0 Å². The number of oxime groups is 1. The fraction of sp³-hybridized carbons (Fsp3) is 0.500. The molecule has 3 N–H and O–H groups in total. The molecule has 0 saturated carbocycles. The molecule has 1 heterocycles. The molecular weight excluding hydrogens is 265 g/mol. The number of alkyl halides is 3. The number of aryl methyl sites for hydroxylation is 1. The van der Waals surface area contributed by atoms with Crippen LogP contribution in [0.4, 0.5) is 13.2 Å². The summed E-state index contributed by atoms with van der Waals surface area (Å²) >= 11 is 0. The molecule has 0 unspecified atom stereocenters. The number of hydrogen-bond donors (Lipinski definition) is 2. The molecule has 0 aliphatic carbocycles. The van der Waals surface area contributed by atoms with Crippen LogP contribution >= 0.6 is 0 Å². The largest absolute Gasteiger partial charge is 0.463 e. The van der Waals surface area contributed by atoms with Gasteiger partial charge in [-0.05, 0) is 19.4 Å². The van der Waals surface area contributed by atoms with Crippen molar-refractivity contribution in [2.24, 2.45) is 10.9 Å². The molecule has 0 radical (unpaired) electrons. The summed E-state index contributed by atoms with van der Waals surface area (Å²) in [5, 5.41) is 11.3. The lowest BCUT2D eigenvalue weighted by atomic mass is 10.3. The maximum Gasteiger partial charge on any atom is 0.389 e. The van der Waals surface area contributed by atoms with E-state index < -0.39 is 12.6 Å². The molecule has 6 nitrogen and oxygen atoms in total. The predicted molar refractivity (Wildman–Crippen MR) is 60.1 cm³/mol. The van der Waals surface area contributed by atoms with Gasteiger partial charge in [0.05, 0.1) is 6.61 Å². The maximum atomic E-state index is 11.9. The van der Waals surface area contributed by atoms with Crippen LogP contribution in [0.3, 0.4) is 0 Å². The van der Waals surface area contributed by atoms with Gasteiger partial charge in [0.2, 0.25) is 0 Å². The minimum Gasteiger partial charge on any atom is -0.463 e. The van der Waals surface area contributed by atoms with Crippen molar-refractivity contribution in [3.63, 3.8) is 0 Å². The van der Waals surface area contributed by atoms with E-state index in [-0.39, 0.29) is 30.6 Å². The molecular formula is C10H13F3N4O2. The Hall–Kier alpha value is -2.06. The molecule has 0 aliphatic heterocycles. The molecule has 0 aliphatic rings. The Morgan fingerprint density at radius 3 is 2.74 bits per heavy atom. The van der Waals surface area contributed by atoms with Crippen molar-refractivity contribution in [2.75, 3.05) is 6.61 Å². The fourth-order valence-corrected chi connectivity index (χ4v) is 1.22. The summed E-state index contributed by atoms with van der Waals surface area (Å²) in [7, 11) is 0. The van der Waals surface area contributed by atoms with Crippen LogP contribution in [0.15, 0.2) is 11.2 Å². The molecule has 1 rings (SSSR count). The highest BCUT2D eigenvalue weighted by molar-refractivity contribution is 5.95. The Morgan fingerprint density at radius 2 is 2.16 bits per heavy atom. The van der Waals surface area contributed by atoms with Crippen molar-refractivity contribution >= 4 is 5.84 Å². The van der Waals surface area contributed by atoms with Crippen LogP contribution < -0.4 is 10.5 Å². The first kappa shape index (κ1) is 15.0. The number of hydrogen-bond acceptors (Lipinski definition) is 5. The van der Waals surface area contributed by atoms with Crippen molar-refractivity contribution < 1.29 is 23.1 Å². The Balaban J connectivity index is 2.62. The summed E-state index contributed by atoms with van der Waals surface area (Å²) in [4.78, 5) is 7.69. The maximum absolute atomic E-state index is 11.9. The molecule has 0 amide bonds. The lowest BCUT2D eigenvalue weighted by Gasteiger charge is -2.08. The number of nitrogens with two attached hydrogens (primary N) is 1. The average Bonchev–Trinajstić information content (AvgIpc) is 2.32. The van der Waals surface area contributed by atoms with Crippen molar-refractivity contribution in [3.05, 3.63) is 17.5 Å². The van der Waals surface area contributed by atoms with Crippen molar-refractivity contribution in [1.82, 2.24) is 9.97 Å². The van der Waals surface area contributed by atoms with E-state index in [2.05, 4.69) is 15.1 Å². The van der Waals surface area contributed by atoms with E-state index in [0.29, 0.717) is 5.69 Å². The van der Waals surface area contributed by atoms with E-state index in [1.54, 1.807) is 6.92 Å². The van der Waals surface area contributed by atoms with E-state index in [1.807, 2.05) is 0 Å². The monoisotopic (exact) mass is 278 g/mol. The van der Waals surface area contributed by atoms with E-state index in [0.717, 1.165) is 0 Å². The zero-order valence-corrected chi connectivity index (χ0v) is 10.1. The van der Waals surface area contributed by atoms with Crippen LogP contribution in [0.25, 0.3) is 0 Å². The van der Waals surface area contributed by atoms with Gasteiger partial charge in [0.25, 0.3) is 0 Å². The van der Waals surface area contributed by atoms with Gasteiger partial charge in [-0.15, -0.1) is 0 Å². The first-order valence-electron chi connectivity index (χ1n) is 5.35. The molecule has 19 heavy (non-hydrogen) atoms. The quantitative estimate of drug-likeness (QED) is 0.280. The van der Waals surface area contributed by atoms with Gasteiger partial charge in [-0.25, -0.2) is 4.98 Å². The van der Waals surface area contributed by atoms with Gasteiger partial charge >= 0.3 is 12.2 Å². The van der Waals surface area contributed by atoms with E-state index >= 15 is 0 Å². The number of halogens is 3. The number of ether oxygens (including phenoxy) is 1. The van der Waals surface area contributed by atoms with E-state index in [4.69, 9.17) is 15.7 Å². The molecule has 0 spiro atoms. The van der Waals surface area contributed by atoms with Gasteiger partial charge in [0.1, 0.15) is 5.69 Å². The summed E-state index contributed by atoms with van der Waals surface area (Å²) in [6.07, 6.45) is -5.35. The lowest BCUT2D eigenvalue weighted by Crippen LogP contribution is -2.17. The third kappa shape index (κ3) is 5.40. The highest BCUT2D eigenvalue weighted by atomic mass is 19.4. The normalized spacial score (nSPS) is 12.5. The topological polar surface area (TPSA) is 93.6 Å². The molecule has 9 heteroatoms. The second kappa shape index (κ2) is 6.21. The second-order valence-electron chi connectivity index (χ2n) is 3.73. The molecule has 1 aromatic rings. The number of nitrogens with zero attached hydrogens (tertiary/aromatic N) is 3. The lowest BCUT2D eigenvalue weighted by molar-refractivity contribution is -0.136. The molecule has 0 saturated heterocycles. The Bertz CT molecular complexity index is 463. The molecule has 0 bridgehead atoms. The zero-order chi connectivity index (χ0) is 14.5. The summed E-state index contributed by atoms with van der Waals surface area (Å²) in [6, 6.07) is 1.35. The van der Waals surface area contributed by atoms with Gasteiger partial charge in [-0.1, -0.05) is 5.16 Å². The molecule has 106 valence electrons. The first-order valence-corrected chi connectivity index (χ1v) is 5.35. The Labute approximate surface area is 107 Å². The van der Waals surface area contributed by atoms with Gasteiger partial charge in [-0.2, -0.15) is 18.2 Å². The van der Waals surface area contributed by atoms with E-state index in [1.165, 1.54) is 6.07 Å². The standard InChI is InChI=1S/C10H13F3N4O2/c1-6-5-7(8(14)17-18)16-9(15-6)19-4-2-3-10(11,12)13/h5,18H,2-4H2,1H3,(H2,14,17). The summed E-state index contributed by atoms with van der Waals surface area (Å²) in [5.41, 5.74) is 5.98. The number of rotatable bonds is 5. The highest BCUT2D eigenvalue weighted by Gasteiger charge is 2.26. The van der Waals surface area contributed by atoms with Crippen molar-refractivity contribution in [1.29, 1.82) is 0 Å². The minimum atomic E-state index is -4.21. The van der Waals surface area contributed by atoms with Crippen molar-refractivity contribution in [3.8, 4) is 6.01 Å². The van der Waals surface area contributed by atoms with Crippen LogP contribution in [0, 0.1) is 6.92 Å².